The maximum absolute atomic E-state index is 12.4. The minimum absolute atomic E-state index is 0. The maximum atomic E-state index is 12.4. The SMILES string of the molecule is Br.CCCCCCCCCCCCCCCCN(C)CCCP(=O)(OCC)OCC. The van der Waals surface area contributed by atoms with E-state index >= 15 is 0 Å². The van der Waals surface area contributed by atoms with Crippen molar-refractivity contribution in [2.75, 3.05) is 39.5 Å². The van der Waals surface area contributed by atoms with Gasteiger partial charge in [0.2, 0.25) is 0 Å². The van der Waals surface area contributed by atoms with Crippen LogP contribution in [0.1, 0.15) is 117 Å². The smallest absolute Gasteiger partial charge is 0.309 e. The lowest BCUT2D eigenvalue weighted by molar-refractivity contribution is 0.218. The Kier molecular flexibility index (Phi) is 26.5. The zero-order chi connectivity index (χ0) is 21.6. The molecule has 0 radical (unpaired) electrons. The second-order valence-electron chi connectivity index (χ2n) is 8.42. The van der Waals surface area contributed by atoms with Crippen LogP contribution in [0.15, 0.2) is 0 Å². The first-order chi connectivity index (χ1) is 14.1. The molecule has 4 nitrogen and oxygen atoms in total. The molecule has 0 aromatic heterocycles. The molecule has 0 fully saturated rings. The number of nitrogens with zero attached hydrogens (tertiary/aromatic N) is 1. The van der Waals surface area contributed by atoms with E-state index in [-0.39, 0.29) is 17.0 Å². The molecule has 0 saturated carbocycles. The Bertz CT molecular complexity index is 375. The summed E-state index contributed by atoms with van der Waals surface area (Å²) in [5.41, 5.74) is 0. The molecule has 30 heavy (non-hydrogen) atoms. The first kappa shape index (κ1) is 32.8. The molecule has 0 N–H and O–H groups in total. The van der Waals surface area contributed by atoms with Gasteiger partial charge in [-0.25, -0.2) is 0 Å². The minimum atomic E-state index is -2.86. The molecule has 0 aromatic rings. The molecule has 0 saturated heterocycles. The maximum Gasteiger partial charge on any atom is 0.330 e. The van der Waals surface area contributed by atoms with Gasteiger partial charge in [-0.1, -0.05) is 90.4 Å². The summed E-state index contributed by atoms with van der Waals surface area (Å²) in [7, 11) is -0.703. The van der Waals surface area contributed by atoms with E-state index in [1.54, 1.807) is 0 Å². The molecule has 0 aliphatic carbocycles. The number of halogens is 1. The molecule has 0 heterocycles. The Hall–Kier alpha value is 0.590. The monoisotopic (exact) mass is 513 g/mol. The van der Waals surface area contributed by atoms with E-state index in [0.717, 1.165) is 19.5 Å². The summed E-state index contributed by atoms with van der Waals surface area (Å²) in [6.45, 7) is 9.01. The van der Waals surface area contributed by atoms with Crippen LogP contribution in [0.3, 0.4) is 0 Å². The average Bonchev–Trinajstić information content (AvgIpc) is 2.68. The lowest BCUT2D eigenvalue weighted by Gasteiger charge is -2.20. The molecular weight excluding hydrogens is 461 g/mol. The second-order valence-corrected chi connectivity index (χ2v) is 10.6. The van der Waals surface area contributed by atoms with Crippen LogP contribution in [0.2, 0.25) is 0 Å². The van der Waals surface area contributed by atoms with E-state index in [9.17, 15) is 4.57 Å². The lowest BCUT2D eigenvalue weighted by atomic mass is 10.0. The summed E-state index contributed by atoms with van der Waals surface area (Å²) in [6.07, 6.45) is 21.0. The van der Waals surface area contributed by atoms with Crippen LogP contribution >= 0.6 is 24.6 Å². The van der Waals surface area contributed by atoms with Crippen LogP contribution in [0.4, 0.5) is 0 Å². The van der Waals surface area contributed by atoms with Gasteiger partial charge in [0, 0.05) is 0 Å². The van der Waals surface area contributed by atoms with E-state index < -0.39 is 7.60 Å². The second kappa shape index (κ2) is 24.2. The molecule has 184 valence electrons. The largest absolute Gasteiger partial charge is 0.330 e. The molecule has 0 unspecified atom stereocenters. The van der Waals surface area contributed by atoms with Gasteiger partial charge in [-0.2, -0.15) is 0 Å². The van der Waals surface area contributed by atoms with Gasteiger partial charge < -0.3 is 13.9 Å². The van der Waals surface area contributed by atoms with Crippen molar-refractivity contribution < 1.29 is 13.6 Å². The first-order valence-corrected chi connectivity index (χ1v) is 14.4. The molecule has 0 aromatic carbocycles. The van der Waals surface area contributed by atoms with Gasteiger partial charge in [0.15, 0.2) is 0 Å². The van der Waals surface area contributed by atoms with E-state index in [2.05, 4.69) is 18.9 Å². The molecule has 0 amide bonds. The van der Waals surface area contributed by atoms with E-state index in [0.29, 0.717) is 19.4 Å². The summed E-state index contributed by atoms with van der Waals surface area (Å²) in [6, 6.07) is 0. The van der Waals surface area contributed by atoms with Crippen LogP contribution in [0.5, 0.6) is 0 Å². The highest BCUT2D eigenvalue weighted by molar-refractivity contribution is 8.93. The fourth-order valence-corrected chi connectivity index (χ4v) is 5.43. The van der Waals surface area contributed by atoms with Crippen molar-refractivity contribution in [1.29, 1.82) is 0 Å². The normalized spacial score (nSPS) is 11.8. The van der Waals surface area contributed by atoms with E-state index in [1.165, 1.54) is 89.9 Å². The topological polar surface area (TPSA) is 38.8 Å². The van der Waals surface area contributed by atoms with Gasteiger partial charge in [-0.05, 0) is 46.8 Å². The Balaban J connectivity index is 0. The summed E-state index contributed by atoms with van der Waals surface area (Å²) in [5.74, 6) is 0. The third-order valence-corrected chi connectivity index (χ3v) is 7.68. The van der Waals surface area contributed by atoms with Crippen molar-refractivity contribution in [3.8, 4) is 0 Å². The zero-order valence-corrected chi connectivity index (χ0v) is 23.3. The molecule has 0 aliphatic rings. The predicted octanol–water partition coefficient (Wildman–Crippen LogP) is 8.63. The molecule has 0 aliphatic heterocycles. The average molecular weight is 515 g/mol. The summed E-state index contributed by atoms with van der Waals surface area (Å²) in [4.78, 5) is 2.35. The summed E-state index contributed by atoms with van der Waals surface area (Å²) in [5, 5.41) is 0. The Morgan fingerprint density at radius 2 is 0.967 bits per heavy atom. The Morgan fingerprint density at radius 3 is 1.37 bits per heavy atom. The van der Waals surface area contributed by atoms with Crippen LogP contribution in [-0.4, -0.2) is 44.4 Å². The van der Waals surface area contributed by atoms with Gasteiger partial charge in [-0.15, -0.1) is 17.0 Å². The lowest BCUT2D eigenvalue weighted by Crippen LogP contribution is -2.22. The highest BCUT2D eigenvalue weighted by Crippen LogP contribution is 2.48. The Morgan fingerprint density at radius 1 is 0.600 bits per heavy atom. The number of hydrogen-bond donors (Lipinski definition) is 0. The van der Waals surface area contributed by atoms with E-state index in [4.69, 9.17) is 9.05 Å². The van der Waals surface area contributed by atoms with Gasteiger partial charge in [-0.3, -0.25) is 4.57 Å². The van der Waals surface area contributed by atoms with Crippen molar-refractivity contribution >= 4 is 24.6 Å². The van der Waals surface area contributed by atoms with Gasteiger partial charge >= 0.3 is 7.60 Å². The van der Waals surface area contributed by atoms with Crippen LogP contribution < -0.4 is 0 Å². The molecule has 0 rings (SSSR count). The van der Waals surface area contributed by atoms with Gasteiger partial charge in [0.05, 0.1) is 19.4 Å². The fourth-order valence-electron chi connectivity index (χ4n) is 3.78. The highest BCUT2D eigenvalue weighted by atomic mass is 79.9. The van der Waals surface area contributed by atoms with Crippen molar-refractivity contribution in [3.63, 3.8) is 0 Å². The molecule has 0 bridgehead atoms. The van der Waals surface area contributed by atoms with E-state index in [1.807, 2.05) is 13.8 Å². The van der Waals surface area contributed by atoms with Gasteiger partial charge in [0.25, 0.3) is 0 Å². The highest BCUT2D eigenvalue weighted by Gasteiger charge is 2.22. The predicted molar refractivity (Wildman–Crippen MR) is 138 cm³/mol. The summed E-state index contributed by atoms with van der Waals surface area (Å²) < 4.78 is 23.1. The minimum Gasteiger partial charge on any atom is -0.309 e. The molecular formula is C24H53BrNO3P. The van der Waals surface area contributed by atoms with Crippen molar-refractivity contribution in [1.82, 2.24) is 4.90 Å². The van der Waals surface area contributed by atoms with Crippen molar-refractivity contribution in [3.05, 3.63) is 0 Å². The standard InChI is InChI=1S/C24H52NO3P.BrH/c1-5-8-9-10-11-12-13-14-15-16-17-18-19-20-22-25(4)23-21-24-29(26,27-6-2)28-7-3;/h5-24H2,1-4H3;1H. The van der Waals surface area contributed by atoms with Crippen molar-refractivity contribution in [2.45, 2.75) is 117 Å². The van der Waals surface area contributed by atoms with Crippen molar-refractivity contribution in [2.24, 2.45) is 0 Å². The van der Waals surface area contributed by atoms with Crippen LogP contribution in [-0.2, 0) is 13.6 Å². The number of unbranched alkanes of at least 4 members (excludes halogenated alkanes) is 13. The number of rotatable bonds is 23. The fraction of sp³-hybridized carbons (Fsp3) is 1.00. The quantitative estimate of drug-likeness (QED) is 0.101. The molecule has 0 spiro atoms. The van der Waals surface area contributed by atoms with Gasteiger partial charge in [0.1, 0.15) is 0 Å². The third-order valence-electron chi connectivity index (χ3n) is 5.52. The molecule has 6 heteroatoms. The number of hydrogen-bond acceptors (Lipinski definition) is 4. The Labute approximate surface area is 199 Å². The zero-order valence-electron chi connectivity index (χ0n) is 20.7. The van der Waals surface area contributed by atoms with Crippen LogP contribution in [0.25, 0.3) is 0 Å². The summed E-state index contributed by atoms with van der Waals surface area (Å²) >= 11 is 0. The molecule has 0 atom stereocenters. The van der Waals surface area contributed by atoms with Crippen LogP contribution in [0, 0.1) is 0 Å². The first-order valence-electron chi connectivity index (χ1n) is 12.6. The third kappa shape index (κ3) is 21.8.